The number of nitrogens with one attached hydrogen (secondary N) is 2. The highest BCUT2D eigenvalue weighted by atomic mass is 35.5. The number of alkyl carbamates (subject to hydrolysis) is 1. The first-order valence-electron chi connectivity index (χ1n) is 14.8. The summed E-state index contributed by atoms with van der Waals surface area (Å²) in [5.74, 6) is -4.21. The second-order valence-electron chi connectivity index (χ2n) is 13.0. The third-order valence-corrected chi connectivity index (χ3v) is 9.71. The summed E-state index contributed by atoms with van der Waals surface area (Å²) in [6, 6.07) is 8.82. The number of hydrogen-bond acceptors (Lipinski definition) is 5. The number of carbonyl (C=O) groups excluding carboxylic acids is 3. The van der Waals surface area contributed by atoms with Crippen LogP contribution in [0.2, 0.25) is 5.02 Å². The Kier molecular flexibility index (Phi) is 11.9. The molecular formula is C31H42ClF2N3O4S2. The highest BCUT2D eigenvalue weighted by molar-refractivity contribution is 7.59. The minimum Gasteiger partial charge on any atom is -0.449 e. The molecule has 1 aromatic carbocycles. The van der Waals surface area contributed by atoms with Crippen LogP contribution in [0.1, 0.15) is 82.6 Å². The maximum Gasteiger partial charge on any atom is 0.407 e. The molecule has 1 aromatic rings. The van der Waals surface area contributed by atoms with E-state index in [-0.39, 0.29) is 113 Å². The number of nitrogens with zero attached hydrogens (tertiary/aromatic N) is 1. The van der Waals surface area contributed by atoms with E-state index in [1.54, 1.807) is 0 Å². The van der Waals surface area contributed by atoms with Gasteiger partial charge < -0.3 is 15.4 Å². The fourth-order valence-corrected chi connectivity index (χ4v) is 6.74. The fraction of sp³-hybridized carbons (Fsp3) is 0.677. The van der Waals surface area contributed by atoms with E-state index >= 15 is 0 Å². The van der Waals surface area contributed by atoms with Gasteiger partial charge in [0, 0.05) is 41.2 Å². The summed E-state index contributed by atoms with van der Waals surface area (Å²) in [7, 11) is 0. The van der Waals surface area contributed by atoms with E-state index in [9.17, 15) is 28.4 Å². The van der Waals surface area contributed by atoms with E-state index in [1.165, 1.54) is 0 Å². The smallest absolute Gasteiger partial charge is 0.407 e. The Hall–Kier alpha value is -2.03. The van der Waals surface area contributed by atoms with Crippen LogP contribution < -0.4 is 10.6 Å². The maximum atomic E-state index is 13.7. The molecule has 2 N–H and O–H groups in total. The third-order valence-electron chi connectivity index (χ3n) is 9.47. The van der Waals surface area contributed by atoms with Crippen LogP contribution >= 0.6 is 38.6 Å². The first kappa shape index (κ1) is 35.4. The first-order chi connectivity index (χ1) is 19.5. The minimum atomic E-state index is -2.70. The van der Waals surface area contributed by atoms with Crippen molar-refractivity contribution in [2.24, 2.45) is 23.2 Å². The van der Waals surface area contributed by atoms with Gasteiger partial charge in [-0.1, -0.05) is 23.7 Å². The molecule has 4 aliphatic rings. The quantitative estimate of drug-likeness (QED) is 0.272. The van der Waals surface area contributed by atoms with Crippen LogP contribution in [0, 0.1) is 34.5 Å². The van der Waals surface area contributed by atoms with Crippen molar-refractivity contribution in [1.29, 1.82) is 5.26 Å². The van der Waals surface area contributed by atoms with Gasteiger partial charge in [-0.15, -0.1) is 0 Å². The molecular weight excluding hydrogens is 616 g/mol. The molecule has 3 saturated carbocycles. The Morgan fingerprint density at radius 3 is 2.40 bits per heavy atom. The Labute approximate surface area is 271 Å². The SMILES string of the molecule is N#C[C@@H](CC(=O)[C@H](CC1CCC(F)(F)CC1)NC(=O)OCC1(Cc2cccc(Cl)c2)CC1)CC1CC2(CC2)NC1=O.S.S. The monoisotopic (exact) mass is 657 g/mol. The summed E-state index contributed by atoms with van der Waals surface area (Å²) in [4.78, 5) is 38.7. The molecule has 12 heteroatoms. The molecule has 0 radical (unpaired) electrons. The van der Waals surface area contributed by atoms with Crippen molar-refractivity contribution in [2.75, 3.05) is 6.61 Å². The third kappa shape index (κ3) is 9.73. The summed E-state index contributed by atoms with van der Waals surface area (Å²) >= 11 is 6.11. The average molecular weight is 658 g/mol. The molecule has 238 valence electrons. The van der Waals surface area contributed by atoms with Crippen molar-refractivity contribution in [3.63, 3.8) is 0 Å². The average Bonchev–Trinajstić information content (AvgIpc) is 3.83. The zero-order chi connectivity index (χ0) is 29.3. The van der Waals surface area contributed by atoms with Gasteiger partial charge in [0.05, 0.1) is 24.6 Å². The fourth-order valence-electron chi connectivity index (χ4n) is 6.53. The molecule has 3 aliphatic carbocycles. The number of hydrogen-bond donors (Lipinski definition) is 2. The van der Waals surface area contributed by atoms with Gasteiger partial charge in [0.2, 0.25) is 11.8 Å². The van der Waals surface area contributed by atoms with Crippen molar-refractivity contribution in [3.05, 3.63) is 34.9 Å². The van der Waals surface area contributed by atoms with E-state index in [4.69, 9.17) is 16.3 Å². The number of amides is 2. The standard InChI is InChI=1S/C31H38ClF2N3O4.2H2S/c32-24-3-1-2-21(13-24)16-29(8-9-29)19-41-28(40)36-25(14-20-4-6-31(33,34)7-5-20)26(38)15-22(18-35)12-23-17-30(10-11-30)37-27(23)39;;/h1-3,13,20,22-23,25H,4-12,14-17,19H2,(H,36,40)(H,37,39);2*1H2/t22-,23?,25+;;/m1../s1. The minimum absolute atomic E-state index is 0. The van der Waals surface area contributed by atoms with Crippen LogP contribution in [-0.2, 0) is 20.7 Å². The number of carbonyl (C=O) groups is 3. The highest BCUT2D eigenvalue weighted by Gasteiger charge is 2.52. The number of ether oxygens (including phenoxy) is 1. The van der Waals surface area contributed by atoms with Crippen LogP contribution in [0.25, 0.3) is 0 Å². The summed E-state index contributed by atoms with van der Waals surface area (Å²) in [5.41, 5.74) is 0.782. The molecule has 3 atom stereocenters. The number of ketones is 1. The zero-order valence-corrected chi connectivity index (χ0v) is 27.0. The van der Waals surface area contributed by atoms with Crippen molar-refractivity contribution in [3.8, 4) is 6.07 Å². The van der Waals surface area contributed by atoms with E-state index in [0.29, 0.717) is 11.4 Å². The van der Waals surface area contributed by atoms with Gasteiger partial charge in [-0.05, 0) is 87.8 Å². The predicted molar refractivity (Wildman–Crippen MR) is 169 cm³/mol. The molecule has 1 unspecified atom stereocenters. The van der Waals surface area contributed by atoms with Gasteiger partial charge in [-0.25, -0.2) is 13.6 Å². The Morgan fingerprint density at radius 2 is 1.81 bits per heavy atom. The normalized spacial score (nSPS) is 23.9. The van der Waals surface area contributed by atoms with Gasteiger partial charge in [-0.3, -0.25) is 9.59 Å². The van der Waals surface area contributed by atoms with Crippen LogP contribution in [-0.4, -0.2) is 41.9 Å². The lowest BCUT2D eigenvalue weighted by molar-refractivity contribution is -0.125. The van der Waals surface area contributed by atoms with Crippen LogP contribution in [0.15, 0.2) is 24.3 Å². The van der Waals surface area contributed by atoms with Gasteiger partial charge in [0.15, 0.2) is 5.78 Å². The Bertz CT molecular complexity index is 1210. The number of rotatable bonds is 12. The van der Waals surface area contributed by atoms with Gasteiger partial charge in [0.1, 0.15) is 0 Å². The summed E-state index contributed by atoms with van der Waals surface area (Å²) in [6.07, 6.45) is 4.84. The lowest BCUT2D eigenvalue weighted by Gasteiger charge is -2.31. The van der Waals surface area contributed by atoms with Gasteiger partial charge in [0.25, 0.3) is 0 Å². The Balaban J connectivity index is 0.00000253. The molecule has 7 nitrogen and oxygen atoms in total. The topological polar surface area (TPSA) is 108 Å². The lowest BCUT2D eigenvalue weighted by atomic mass is 9.81. The van der Waals surface area contributed by atoms with Crippen molar-refractivity contribution in [1.82, 2.24) is 10.6 Å². The van der Waals surface area contributed by atoms with E-state index in [2.05, 4.69) is 16.7 Å². The summed E-state index contributed by atoms with van der Waals surface area (Å²) in [6.45, 7) is 0.196. The number of nitriles is 1. The van der Waals surface area contributed by atoms with E-state index in [1.807, 2.05) is 24.3 Å². The first-order valence-corrected chi connectivity index (χ1v) is 15.2. The van der Waals surface area contributed by atoms with Gasteiger partial charge in [-0.2, -0.15) is 32.3 Å². The summed E-state index contributed by atoms with van der Waals surface area (Å²) in [5, 5.41) is 16.2. The van der Waals surface area contributed by atoms with Crippen LogP contribution in [0.3, 0.4) is 0 Å². The predicted octanol–water partition coefficient (Wildman–Crippen LogP) is 6.36. The van der Waals surface area contributed by atoms with E-state index in [0.717, 1.165) is 37.7 Å². The molecule has 1 heterocycles. The maximum absolute atomic E-state index is 13.7. The second kappa shape index (κ2) is 14.4. The number of Topliss-reactive ketones (excluding diaryl/α,β-unsaturated/α-hetero) is 1. The molecule has 0 aromatic heterocycles. The highest BCUT2D eigenvalue weighted by Crippen LogP contribution is 2.49. The molecule has 4 fully saturated rings. The number of benzene rings is 1. The second-order valence-corrected chi connectivity index (χ2v) is 13.5. The zero-order valence-electron chi connectivity index (χ0n) is 24.2. The largest absolute Gasteiger partial charge is 0.449 e. The molecule has 0 bridgehead atoms. The van der Waals surface area contributed by atoms with Gasteiger partial charge >= 0.3 is 6.09 Å². The van der Waals surface area contributed by atoms with Crippen LogP contribution in [0.4, 0.5) is 13.6 Å². The molecule has 1 aliphatic heterocycles. The molecule has 1 saturated heterocycles. The number of halogens is 3. The summed E-state index contributed by atoms with van der Waals surface area (Å²) < 4.78 is 33.1. The van der Waals surface area contributed by atoms with Crippen molar-refractivity contribution >= 4 is 56.4 Å². The van der Waals surface area contributed by atoms with Crippen molar-refractivity contribution < 1.29 is 27.9 Å². The van der Waals surface area contributed by atoms with E-state index < -0.39 is 24.0 Å². The molecule has 5 rings (SSSR count). The lowest BCUT2D eigenvalue weighted by Crippen LogP contribution is -2.44. The molecule has 2 amide bonds. The van der Waals surface area contributed by atoms with Crippen molar-refractivity contribution in [2.45, 2.75) is 101 Å². The number of alkyl halides is 2. The Morgan fingerprint density at radius 1 is 1.12 bits per heavy atom. The molecule has 43 heavy (non-hydrogen) atoms. The van der Waals surface area contributed by atoms with Crippen LogP contribution in [0.5, 0.6) is 0 Å². The molecule has 1 spiro atoms.